The van der Waals surface area contributed by atoms with E-state index in [4.69, 9.17) is 16.7 Å². The SMILES string of the molecule is CC(C(C(=O)Nc1cc(C2(CC(=O)O)CC2)ccc1F)c1ccc(Cl)cc1)C(F)(F)F. The number of carboxylic acids is 1. The van der Waals surface area contributed by atoms with E-state index in [0.717, 1.165) is 13.0 Å². The highest BCUT2D eigenvalue weighted by Crippen LogP contribution is 2.51. The zero-order chi connectivity index (χ0) is 23.0. The van der Waals surface area contributed by atoms with E-state index in [2.05, 4.69) is 5.32 Å². The van der Waals surface area contributed by atoms with Crippen LogP contribution >= 0.6 is 11.6 Å². The van der Waals surface area contributed by atoms with Crippen LogP contribution in [0.15, 0.2) is 42.5 Å². The zero-order valence-corrected chi connectivity index (χ0v) is 17.2. The van der Waals surface area contributed by atoms with Crippen LogP contribution in [0.5, 0.6) is 0 Å². The summed E-state index contributed by atoms with van der Waals surface area (Å²) >= 11 is 5.80. The van der Waals surface area contributed by atoms with E-state index in [1.54, 1.807) is 0 Å². The Morgan fingerprint density at radius 1 is 1.16 bits per heavy atom. The van der Waals surface area contributed by atoms with Crippen molar-refractivity contribution in [2.45, 2.75) is 43.7 Å². The molecular formula is C22H20ClF4NO3. The molecule has 1 fully saturated rings. The number of hydrogen-bond acceptors (Lipinski definition) is 2. The van der Waals surface area contributed by atoms with Crippen molar-refractivity contribution >= 4 is 29.2 Å². The molecule has 2 aromatic carbocycles. The molecule has 4 nitrogen and oxygen atoms in total. The summed E-state index contributed by atoms with van der Waals surface area (Å²) in [5.74, 6) is -6.52. The van der Waals surface area contributed by atoms with Gasteiger partial charge in [0, 0.05) is 10.4 Å². The lowest BCUT2D eigenvalue weighted by atomic mass is 9.85. The van der Waals surface area contributed by atoms with Gasteiger partial charge >= 0.3 is 12.1 Å². The number of amides is 1. The monoisotopic (exact) mass is 457 g/mol. The number of carbonyl (C=O) groups is 2. The number of rotatable bonds is 7. The van der Waals surface area contributed by atoms with Gasteiger partial charge in [0.15, 0.2) is 0 Å². The first kappa shape index (κ1) is 23.1. The van der Waals surface area contributed by atoms with Gasteiger partial charge in [-0.05, 0) is 48.2 Å². The van der Waals surface area contributed by atoms with Gasteiger partial charge in [-0.25, -0.2) is 4.39 Å². The van der Waals surface area contributed by atoms with E-state index in [1.165, 1.54) is 36.4 Å². The van der Waals surface area contributed by atoms with Crippen LogP contribution in [0.4, 0.5) is 23.2 Å². The molecule has 3 rings (SSSR count). The molecule has 1 aliphatic rings. The summed E-state index contributed by atoms with van der Waals surface area (Å²) < 4.78 is 54.8. The van der Waals surface area contributed by atoms with Crippen LogP contribution in [-0.2, 0) is 15.0 Å². The fourth-order valence-electron chi connectivity index (χ4n) is 3.70. The van der Waals surface area contributed by atoms with Crippen LogP contribution in [0.25, 0.3) is 0 Å². The number of alkyl halides is 3. The van der Waals surface area contributed by atoms with Crippen molar-refractivity contribution in [3.8, 4) is 0 Å². The van der Waals surface area contributed by atoms with E-state index in [1.807, 2.05) is 0 Å². The minimum atomic E-state index is -4.67. The molecule has 1 aliphatic carbocycles. The zero-order valence-electron chi connectivity index (χ0n) is 16.5. The highest BCUT2D eigenvalue weighted by Gasteiger charge is 2.47. The van der Waals surface area contributed by atoms with Crippen molar-refractivity contribution in [2.24, 2.45) is 5.92 Å². The van der Waals surface area contributed by atoms with E-state index >= 15 is 0 Å². The lowest BCUT2D eigenvalue weighted by molar-refractivity contribution is -0.178. The van der Waals surface area contributed by atoms with Crippen LogP contribution in [0.3, 0.4) is 0 Å². The average Bonchev–Trinajstić information content (AvgIpc) is 3.44. The van der Waals surface area contributed by atoms with Crippen LogP contribution in [0.1, 0.15) is 43.2 Å². The number of nitrogens with one attached hydrogen (secondary N) is 1. The maximum Gasteiger partial charge on any atom is 0.392 e. The maximum absolute atomic E-state index is 14.4. The summed E-state index contributed by atoms with van der Waals surface area (Å²) in [6, 6.07) is 9.24. The Morgan fingerprint density at radius 3 is 2.29 bits per heavy atom. The minimum absolute atomic E-state index is 0.0906. The maximum atomic E-state index is 14.4. The molecule has 0 saturated heterocycles. The predicted molar refractivity (Wildman–Crippen MR) is 108 cm³/mol. The molecule has 0 aromatic heterocycles. The van der Waals surface area contributed by atoms with Gasteiger partial charge in [0.1, 0.15) is 5.82 Å². The second kappa shape index (κ2) is 8.49. The largest absolute Gasteiger partial charge is 0.481 e. The van der Waals surface area contributed by atoms with Gasteiger partial charge in [-0.3, -0.25) is 9.59 Å². The Kier molecular flexibility index (Phi) is 6.32. The molecular weight excluding hydrogens is 438 g/mol. The summed E-state index contributed by atoms with van der Waals surface area (Å²) in [6.45, 7) is 0.887. The molecule has 0 spiro atoms. The number of hydrogen-bond donors (Lipinski definition) is 2. The minimum Gasteiger partial charge on any atom is -0.481 e. The number of carbonyl (C=O) groups excluding carboxylic acids is 1. The molecule has 2 aromatic rings. The molecule has 0 aliphatic heterocycles. The Morgan fingerprint density at radius 2 is 1.77 bits per heavy atom. The molecule has 2 N–H and O–H groups in total. The molecule has 1 amide bonds. The van der Waals surface area contributed by atoms with E-state index in [-0.39, 0.29) is 17.7 Å². The number of aliphatic carboxylic acids is 1. The van der Waals surface area contributed by atoms with Crippen LogP contribution < -0.4 is 5.32 Å². The van der Waals surface area contributed by atoms with E-state index in [0.29, 0.717) is 23.4 Å². The molecule has 2 unspecified atom stereocenters. The quantitative estimate of drug-likeness (QED) is 0.508. The second-order valence-electron chi connectivity index (χ2n) is 7.89. The van der Waals surface area contributed by atoms with Crippen molar-refractivity contribution in [1.82, 2.24) is 0 Å². The van der Waals surface area contributed by atoms with Crippen molar-refractivity contribution in [3.05, 3.63) is 64.4 Å². The first-order chi connectivity index (χ1) is 14.4. The first-order valence-corrected chi connectivity index (χ1v) is 9.96. The number of anilines is 1. The number of carboxylic acid groups (broad SMARTS) is 1. The summed E-state index contributed by atoms with van der Waals surface area (Å²) in [5.41, 5.74) is -0.313. The first-order valence-electron chi connectivity index (χ1n) is 9.58. The van der Waals surface area contributed by atoms with Crippen LogP contribution in [-0.4, -0.2) is 23.2 Å². The highest BCUT2D eigenvalue weighted by molar-refractivity contribution is 6.30. The molecule has 2 atom stereocenters. The van der Waals surface area contributed by atoms with Crippen molar-refractivity contribution in [3.63, 3.8) is 0 Å². The van der Waals surface area contributed by atoms with Gasteiger partial charge in [-0.1, -0.05) is 36.7 Å². The number of halogens is 5. The van der Waals surface area contributed by atoms with Gasteiger partial charge in [0.05, 0.1) is 23.9 Å². The Hall–Kier alpha value is -2.61. The van der Waals surface area contributed by atoms with Gasteiger partial charge in [-0.2, -0.15) is 13.2 Å². The standard InChI is InChI=1S/C22H20ClF4NO3/c1-12(22(25,26)27)19(13-2-5-15(23)6-3-13)20(31)28-17-10-14(4-7-16(17)24)21(8-9-21)11-18(29)30/h2-7,10,12,19H,8-9,11H2,1H3,(H,28,31)(H,29,30). The molecule has 31 heavy (non-hydrogen) atoms. The predicted octanol–water partition coefficient (Wildman–Crippen LogP) is 5.91. The van der Waals surface area contributed by atoms with Gasteiger partial charge < -0.3 is 10.4 Å². The van der Waals surface area contributed by atoms with Crippen molar-refractivity contribution in [1.29, 1.82) is 0 Å². The average molecular weight is 458 g/mol. The molecule has 0 heterocycles. The Balaban J connectivity index is 1.92. The summed E-state index contributed by atoms with van der Waals surface area (Å²) in [6.07, 6.45) is -3.63. The van der Waals surface area contributed by atoms with Crippen molar-refractivity contribution in [2.75, 3.05) is 5.32 Å². The lowest BCUT2D eigenvalue weighted by Crippen LogP contribution is -2.34. The fraction of sp³-hybridized carbons (Fsp3) is 0.364. The summed E-state index contributed by atoms with van der Waals surface area (Å²) in [5, 5.41) is 11.7. The highest BCUT2D eigenvalue weighted by atomic mass is 35.5. The van der Waals surface area contributed by atoms with Gasteiger partial charge in [0.25, 0.3) is 0 Å². The van der Waals surface area contributed by atoms with Crippen LogP contribution in [0, 0.1) is 11.7 Å². The Labute approximate surface area is 181 Å². The fourth-order valence-corrected chi connectivity index (χ4v) is 3.82. The second-order valence-corrected chi connectivity index (χ2v) is 8.33. The molecule has 1 saturated carbocycles. The lowest BCUT2D eigenvalue weighted by Gasteiger charge is -2.26. The van der Waals surface area contributed by atoms with E-state index < -0.39 is 41.1 Å². The summed E-state index contributed by atoms with van der Waals surface area (Å²) in [4.78, 5) is 24.0. The topological polar surface area (TPSA) is 66.4 Å². The third-order valence-corrected chi connectivity index (χ3v) is 5.96. The van der Waals surface area contributed by atoms with Gasteiger partial charge in [-0.15, -0.1) is 0 Å². The smallest absolute Gasteiger partial charge is 0.392 e. The third kappa shape index (κ3) is 5.18. The summed E-state index contributed by atoms with van der Waals surface area (Å²) in [7, 11) is 0. The van der Waals surface area contributed by atoms with Crippen LogP contribution in [0.2, 0.25) is 5.02 Å². The van der Waals surface area contributed by atoms with E-state index in [9.17, 15) is 27.2 Å². The normalized spacial score (nSPS) is 17.0. The van der Waals surface area contributed by atoms with Gasteiger partial charge in [0.2, 0.25) is 5.91 Å². The van der Waals surface area contributed by atoms with Crippen molar-refractivity contribution < 1.29 is 32.3 Å². The molecule has 0 bridgehead atoms. The molecule has 9 heteroatoms. The third-order valence-electron chi connectivity index (χ3n) is 5.71. The molecule has 166 valence electrons. The Bertz CT molecular complexity index is 987. The molecule has 0 radical (unpaired) electrons. The number of benzene rings is 2.